The number of piperidine rings is 1. The van der Waals surface area contributed by atoms with E-state index in [2.05, 4.69) is 5.32 Å². The molecule has 0 aromatic carbocycles. The molecular weight excluding hydrogens is 248 g/mol. The topological polar surface area (TPSA) is 104 Å². The van der Waals surface area contributed by atoms with Gasteiger partial charge in [0.1, 0.15) is 6.42 Å². The van der Waals surface area contributed by atoms with Crippen LogP contribution in [0.3, 0.4) is 0 Å². The largest absolute Gasteiger partial charge is 0.481 e. The number of amides is 1. The predicted octanol–water partition coefficient (Wildman–Crippen LogP) is -0.999. The minimum absolute atomic E-state index is 0.139. The average Bonchev–Trinajstić information content (AvgIpc) is 2.15. The number of carboxylic acid groups (broad SMARTS) is 1. The van der Waals surface area contributed by atoms with Crippen molar-refractivity contribution in [1.29, 1.82) is 0 Å². The summed E-state index contributed by atoms with van der Waals surface area (Å²) >= 11 is 0. The maximum Gasteiger partial charge on any atom is 0.312 e. The first-order valence-electron chi connectivity index (χ1n) is 5.25. The van der Waals surface area contributed by atoms with Gasteiger partial charge in [-0.05, 0) is 12.8 Å². The van der Waals surface area contributed by atoms with Crippen molar-refractivity contribution in [3.05, 3.63) is 0 Å². The van der Waals surface area contributed by atoms with Crippen LogP contribution in [0.5, 0.6) is 0 Å². The average molecular weight is 264 g/mol. The summed E-state index contributed by atoms with van der Waals surface area (Å²) in [7, 11) is -3.17. The van der Waals surface area contributed by atoms with Gasteiger partial charge in [0.15, 0.2) is 0 Å². The van der Waals surface area contributed by atoms with E-state index in [1.807, 2.05) is 0 Å². The SMILES string of the molecule is CS(=O)(=O)N1CCC(NC(=O)CC(=O)O)CC1. The van der Waals surface area contributed by atoms with Crippen molar-refractivity contribution in [2.75, 3.05) is 19.3 Å². The zero-order valence-corrected chi connectivity index (χ0v) is 10.4. The van der Waals surface area contributed by atoms with Gasteiger partial charge in [0, 0.05) is 19.1 Å². The summed E-state index contributed by atoms with van der Waals surface area (Å²) in [5.41, 5.74) is 0. The van der Waals surface area contributed by atoms with E-state index in [0.29, 0.717) is 25.9 Å². The molecule has 0 aromatic rings. The second-order valence-electron chi connectivity index (χ2n) is 4.07. The first-order chi connectivity index (χ1) is 7.79. The van der Waals surface area contributed by atoms with Crippen LogP contribution in [-0.2, 0) is 19.6 Å². The molecule has 1 aliphatic heterocycles. The summed E-state index contributed by atoms with van der Waals surface area (Å²) in [6.45, 7) is 0.716. The van der Waals surface area contributed by atoms with Crippen molar-refractivity contribution in [1.82, 2.24) is 9.62 Å². The van der Waals surface area contributed by atoms with Crippen molar-refractivity contribution >= 4 is 21.9 Å². The highest BCUT2D eigenvalue weighted by Crippen LogP contribution is 2.13. The Balaban J connectivity index is 2.38. The molecule has 1 saturated heterocycles. The molecule has 1 heterocycles. The molecule has 0 unspecified atom stereocenters. The fourth-order valence-electron chi connectivity index (χ4n) is 1.75. The second kappa shape index (κ2) is 5.46. The Morgan fingerprint density at radius 1 is 1.35 bits per heavy atom. The number of nitrogens with one attached hydrogen (secondary N) is 1. The Bertz CT molecular complexity index is 398. The van der Waals surface area contributed by atoms with E-state index in [0.717, 1.165) is 6.26 Å². The Labute approximate surface area is 99.8 Å². The van der Waals surface area contributed by atoms with Gasteiger partial charge in [-0.2, -0.15) is 0 Å². The van der Waals surface area contributed by atoms with Crippen molar-refractivity contribution in [2.45, 2.75) is 25.3 Å². The molecule has 1 rings (SSSR count). The number of sulfonamides is 1. The van der Waals surface area contributed by atoms with E-state index in [1.165, 1.54) is 4.31 Å². The van der Waals surface area contributed by atoms with Crippen LogP contribution in [0.4, 0.5) is 0 Å². The molecule has 0 radical (unpaired) electrons. The molecule has 8 heteroatoms. The third-order valence-electron chi connectivity index (χ3n) is 2.60. The van der Waals surface area contributed by atoms with Gasteiger partial charge in [-0.1, -0.05) is 0 Å². The van der Waals surface area contributed by atoms with E-state index in [9.17, 15) is 18.0 Å². The lowest BCUT2D eigenvalue weighted by atomic mass is 10.1. The molecule has 7 nitrogen and oxygen atoms in total. The Hall–Kier alpha value is -1.15. The summed E-state index contributed by atoms with van der Waals surface area (Å²) in [5.74, 6) is -1.70. The molecule has 0 aliphatic carbocycles. The Kier molecular flexibility index (Phi) is 4.47. The zero-order valence-electron chi connectivity index (χ0n) is 9.55. The minimum Gasteiger partial charge on any atom is -0.481 e. The number of aliphatic carboxylic acids is 1. The highest BCUT2D eigenvalue weighted by atomic mass is 32.2. The maximum atomic E-state index is 11.2. The first kappa shape index (κ1) is 13.9. The van der Waals surface area contributed by atoms with Crippen LogP contribution in [-0.4, -0.2) is 55.1 Å². The molecule has 1 amide bonds. The highest BCUT2D eigenvalue weighted by molar-refractivity contribution is 7.88. The molecule has 2 N–H and O–H groups in total. The van der Waals surface area contributed by atoms with Crippen LogP contribution in [0, 0.1) is 0 Å². The summed E-state index contributed by atoms with van der Waals surface area (Å²) < 4.78 is 23.8. The highest BCUT2D eigenvalue weighted by Gasteiger charge is 2.25. The fourth-order valence-corrected chi connectivity index (χ4v) is 2.62. The molecule has 0 aromatic heterocycles. The van der Waals surface area contributed by atoms with Crippen molar-refractivity contribution < 1.29 is 23.1 Å². The van der Waals surface area contributed by atoms with Crippen molar-refractivity contribution in [3.63, 3.8) is 0 Å². The molecule has 0 bridgehead atoms. The molecule has 1 aliphatic rings. The number of carbonyl (C=O) groups excluding carboxylic acids is 1. The van der Waals surface area contributed by atoms with Crippen LogP contribution in [0.2, 0.25) is 0 Å². The number of carboxylic acids is 1. The third kappa shape index (κ3) is 4.70. The number of nitrogens with zero attached hydrogens (tertiary/aromatic N) is 1. The van der Waals surface area contributed by atoms with E-state index in [-0.39, 0.29) is 6.04 Å². The number of rotatable bonds is 4. The van der Waals surface area contributed by atoms with Crippen LogP contribution in [0.1, 0.15) is 19.3 Å². The normalized spacial score (nSPS) is 18.9. The Morgan fingerprint density at radius 3 is 2.29 bits per heavy atom. The summed E-state index contributed by atoms with van der Waals surface area (Å²) in [6, 6.07) is -0.139. The maximum absolute atomic E-state index is 11.2. The van der Waals surface area contributed by atoms with E-state index < -0.39 is 28.3 Å². The van der Waals surface area contributed by atoms with Gasteiger partial charge in [-0.15, -0.1) is 0 Å². The molecule has 0 saturated carbocycles. The lowest BCUT2D eigenvalue weighted by molar-refractivity contribution is -0.140. The summed E-state index contributed by atoms with van der Waals surface area (Å²) in [5, 5.41) is 11.0. The summed E-state index contributed by atoms with van der Waals surface area (Å²) in [4.78, 5) is 21.5. The summed E-state index contributed by atoms with van der Waals surface area (Å²) in [6.07, 6.45) is 1.62. The second-order valence-corrected chi connectivity index (χ2v) is 6.06. The van der Waals surface area contributed by atoms with Crippen LogP contribution in [0.15, 0.2) is 0 Å². The molecule has 17 heavy (non-hydrogen) atoms. The molecule has 98 valence electrons. The van der Waals surface area contributed by atoms with Crippen LogP contribution in [0.25, 0.3) is 0 Å². The molecule has 0 spiro atoms. The van der Waals surface area contributed by atoms with Crippen LogP contribution < -0.4 is 5.32 Å². The van der Waals surface area contributed by atoms with E-state index in [4.69, 9.17) is 5.11 Å². The van der Waals surface area contributed by atoms with Crippen LogP contribution >= 0.6 is 0 Å². The fraction of sp³-hybridized carbons (Fsp3) is 0.778. The van der Waals surface area contributed by atoms with Crippen molar-refractivity contribution in [3.8, 4) is 0 Å². The van der Waals surface area contributed by atoms with E-state index >= 15 is 0 Å². The van der Waals surface area contributed by atoms with Crippen molar-refractivity contribution in [2.24, 2.45) is 0 Å². The standard InChI is InChI=1S/C9H16N2O5S/c1-17(15,16)11-4-2-7(3-5-11)10-8(12)6-9(13)14/h7H,2-6H2,1H3,(H,10,12)(H,13,14). The quantitative estimate of drug-likeness (QED) is 0.634. The minimum atomic E-state index is -3.17. The van der Waals surface area contributed by atoms with Gasteiger partial charge < -0.3 is 10.4 Å². The first-order valence-corrected chi connectivity index (χ1v) is 7.10. The van der Waals surface area contributed by atoms with Gasteiger partial charge in [0.2, 0.25) is 15.9 Å². The number of hydrogen-bond acceptors (Lipinski definition) is 4. The van der Waals surface area contributed by atoms with Gasteiger partial charge in [0.05, 0.1) is 6.26 Å². The monoisotopic (exact) mass is 264 g/mol. The smallest absolute Gasteiger partial charge is 0.312 e. The predicted molar refractivity (Wildman–Crippen MR) is 59.8 cm³/mol. The van der Waals surface area contributed by atoms with Gasteiger partial charge in [0.25, 0.3) is 0 Å². The lowest BCUT2D eigenvalue weighted by Gasteiger charge is -2.30. The molecular formula is C9H16N2O5S. The Morgan fingerprint density at radius 2 is 1.88 bits per heavy atom. The lowest BCUT2D eigenvalue weighted by Crippen LogP contribution is -2.46. The zero-order chi connectivity index (χ0) is 13.1. The molecule has 0 atom stereocenters. The van der Waals surface area contributed by atoms with Gasteiger partial charge in [-0.25, -0.2) is 12.7 Å². The number of carbonyl (C=O) groups is 2. The van der Waals surface area contributed by atoms with Gasteiger partial charge >= 0.3 is 5.97 Å². The third-order valence-corrected chi connectivity index (χ3v) is 3.90. The van der Waals surface area contributed by atoms with E-state index in [1.54, 1.807) is 0 Å². The molecule has 1 fully saturated rings. The number of hydrogen-bond donors (Lipinski definition) is 2. The van der Waals surface area contributed by atoms with Gasteiger partial charge in [-0.3, -0.25) is 9.59 Å².